The molecule has 0 fully saturated rings. The van der Waals surface area contributed by atoms with Crippen LogP contribution in [0.5, 0.6) is 0 Å². The van der Waals surface area contributed by atoms with Crippen LogP contribution in [0, 0.1) is 5.41 Å². The molecular formula is C13H24N2S. The molecule has 1 aromatic heterocycles. The second kappa shape index (κ2) is 5.28. The monoisotopic (exact) mass is 240 g/mol. The maximum Gasteiger partial charge on any atom is 0.0936 e. The van der Waals surface area contributed by atoms with Crippen LogP contribution in [0.25, 0.3) is 0 Å². The minimum atomic E-state index is 0.322. The first-order valence-electron chi connectivity index (χ1n) is 5.96. The summed E-state index contributed by atoms with van der Waals surface area (Å²) < 4.78 is 0. The third-order valence-electron chi connectivity index (χ3n) is 2.34. The highest BCUT2D eigenvalue weighted by atomic mass is 32.1. The topological polar surface area (TPSA) is 24.9 Å². The van der Waals surface area contributed by atoms with Crippen LogP contribution in [0.1, 0.15) is 56.1 Å². The van der Waals surface area contributed by atoms with Crippen LogP contribution in [-0.4, -0.2) is 12.0 Å². The lowest BCUT2D eigenvalue weighted by Crippen LogP contribution is -2.09. The Morgan fingerprint density at radius 1 is 1.31 bits per heavy atom. The maximum absolute atomic E-state index is 4.79. The molecule has 16 heavy (non-hydrogen) atoms. The van der Waals surface area contributed by atoms with Crippen LogP contribution in [0.2, 0.25) is 0 Å². The molecule has 0 amide bonds. The minimum Gasteiger partial charge on any atom is -0.315 e. The SMILES string of the molecule is CNCc1sc(CC(C)(C)C)nc1C(C)C. The van der Waals surface area contributed by atoms with E-state index in [0.29, 0.717) is 11.3 Å². The summed E-state index contributed by atoms with van der Waals surface area (Å²) in [4.78, 5) is 6.19. The van der Waals surface area contributed by atoms with Gasteiger partial charge in [0.05, 0.1) is 10.7 Å². The van der Waals surface area contributed by atoms with Gasteiger partial charge in [0.25, 0.3) is 0 Å². The molecule has 0 aliphatic carbocycles. The predicted octanol–water partition coefficient (Wildman–Crippen LogP) is 3.57. The van der Waals surface area contributed by atoms with Crippen molar-refractivity contribution in [2.75, 3.05) is 7.05 Å². The lowest BCUT2D eigenvalue weighted by molar-refractivity contribution is 0.410. The quantitative estimate of drug-likeness (QED) is 0.870. The van der Waals surface area contributed by atoms with Crippen molar-refractivity contribution < 1.29 is 0 Å². The molecule has 0 saturated heterocycles. The summed E-state index contributed by atoms with van der Waals surface area (Å²) in [6.45, 7) is 12.2. The zero-order valence-electron chi connectivity index (χ0n) is 11.3. The molecule has 0 bridgehead atoms. The van der Waals surface area contributed by atoms with Gasteiger partial charge in [-0.3, -0.25) is 0 Å². The predicted molar refractivity (Wildman–Crippen MR) is 72.1 cm³/mol. The molecule has 1 rings (SSSR count). The molecule has 0 aliphatic heterocycles. The van der Waals surface area contributed by atoms with Gasteiger partial charge in [0.15, 0.2) is 0 Å². The maximum atomic E-state index is 4.79. The number of aromatic nitrogens is 1. The molecule has 3 heteroatoms. The van der Waals surface area contributed by atoms with Gasteiger partial charge in [-0.2, -0.15) is 0 Å². The number of rotatable bonds is 4. The van der Waals surface area contributed by atoms with Crippen molar-refractivity contribution >= 4 is 11.3 Å². The highest BCUT2D eigenvalue weighted by Crippen LogP contribution is 2.29. The van der Waals surface area contributed by atoms with Crippen LogP contribution in [0.15, 0.2) is 0 Å². The molecule has 2 nitrogen and oxygen atoms in total. The zero-order chi connectivity index (χ0) is 12.3. The van der Waals surface area contributed by atoms with Gasteiger partial charge < -0.3 is 5.32 Å². The first-order chi connectivity index (χ1) is 7.33. The van der Waals surface area contributed by atoms with Crippen LogP contribution in [-0.2, 0) is 13.0 Å². The highest BCUT2D eigenvalue weighted by Gasteiger charge is 2.18. The summed E-state index contributed by atoms with van der Waals surface area (Å²) in [5, 5.41) is 4.50. The second-order valence-electron chi connectivity index (χ2n) is 5.84. The molecular weight excluding hydrogens is 216 g/mol. The van der Waals surface area contributed by atoms with Crippen LogP contribution < -0.4 is 5.32 Å². The fourth-order valence-electron chi connectivity index (χ4n) is 1.68. The molecule has 0 unspecified atom stereocenters. The third-order valence-corrected chi connectivity index (χ3v) is 3.41. The van der Waals surface area contributed by atoms with Gasteiger partial charge >= 0.3 is 0 Å². The Balaban J connectivity index is 2.92. The van der Waals surface area contributed by atoms with Crippen LogP contribution >= 0.6 is 11.3 Å². The summed E-state index contributed by atoms with van der Waals surface area (Å²) in [6.07, 6.45) is 1.07. The van der Waals surface area contributed by atoms with Gasteiger partial charge in [0, 0.05) is 17.8 Å². The van der Waals surface area contributed by atoms with Gasteiger partial charge in [-0.15, -0.1) is 11.3 Å². The van der Waals surface area contributed by atoms with E-state index in [1.165, 1.54) is 15.6 Å². The molecule has 0 aromatic carbocycles. The molecule has 1 N–H and O–H groups in total. The molecule has 0 atom stereocenters. The molecule has 0 saturated carbocycles. The van der Waals surface area contributed by atoms with Crippen molar-refractivity contribution in [2.24, 2.45) is 5.41 Å². The molecule has 92 valence electrons. The van der Waals surface area contributed by atoms with E-state index in [2.05, 4.69) is 39.9 Å². The lowest BCUT2D eigenvalue weighted by atomic mass is 9.93. The molecule has 0 radical (unpaired) electrons. The largest absolute Gasteiger partial charge is 0.315 e. The van der Waals surface area contributed by atoms with E-state index in [0.717, 1.165) is 13.0 Å². The van der Waals surface area contributed by atoms with E-state index in [9.17, 15) is 0 Å². The third kappa shape index (κ3) is 3.87. The standard InChI is InChI=1S/C13H24N2S/c1-9(2)12-10(8-14-6)16-11(15-12)7-13(3,4)5/h9,14H,7-8H2,1-6H3. The smallest absolute Gasteiger partial charge is 0.0936 e. The average Bonchev–Trinajstić information content (AvgIpc) is 2.45. The molecule has 0 aliphatic rings. The fourth-order valence-corrected chi connectivity index (χ4v) is 3.22. The minimum absolute atomic E-state index is 0.322. The van der Waals surface area contributed by atoms with E-state index in [4.69, 9.17) is 4.98 Å². The van der Waals surface area contributed by atoms with Crippen molar-refractivity contribution in [3.63, 3.8) is 0 Å². The van der Waals surface area contributed by atoms with Crippen LogP contribution in [0.4, 0.5) is 0 Å². The van der Waals surface area contributed by atoms with E-state index in [1.54, 1.807) is 0 Å². The van der Waals surface area contributed by atoms with Gasteiger partial charge in [0.2, 0.25) is 0 Å². The van der Waals surface area contributed by atoms with Gasteiger partial charge in [-0.1, -0.05) is 34.6 Å². The summed E-state index contributed by atoms with van der Waals surface area (Å²) >= 11 is 1.87. The number of hydrogen-bond acceptors (Lipinski definition) is 3. The second-order valence-corrected chi connectivity index (χ2v) is 7.01. The Kier molecular flexibility index (Phi) is 4.51. The fraction of sp³-hybridized carbons (Fsp3) is 0.769. The van der Waals surface area contributed by atoms with E-state index >= 15 is 0 Å². The number of nitrogens with zero attached hydrogens (tertiary/aromatic N) is 1. The highest BCUT2D eigenvalue weighted by molar-refractivity contribution is 7.11. The normalized spacial score (nSPS) is 12.4. The van der Waals surface area contributed by atoms with Gasteiger partial charge in [0.1, 0.15) is 0 Å². The lowest BCUT2D eigenvalue weighted by Gasteiger charge is -2.15. The first kappa shape index (κ1) is 13.7. The number of hydrogen-bond donors (Lipinski definition) is 1. The van der Waals surface area contributed by atoms with Gasteiger partial charge in [-0.05, 0) is 18.4 Å². The summed E-state index contributed by atoms with van der Waals surface area (Å²) in [5.74, 6) is 0.522. The van der Waals surface area contributed by atoms with Gasteiger partial charge in [-0.25, -0.2) is 4.98 Å². The van der Waals surface area contributed by atoms with Crippen molar-refractivity contribution in [3.8, 4) is 0 Å². The Bertz CT molecular complexity index is 334. The molecule has 1 heterocycles. The Morgan fingerprint density at radius 3 is 2.38 bits per heavy atom. The average molecular weight is 240 g/mol. The van der Waals surface area contributed by atoms with Crippen molar-refractivity contribution in [1.29, 1.82) is 0 Å². The van der Waals surface area contributed by atoms with Crippen molar-refractivity contribution in [1.82, 2.24) is 10.3 Å². The summed E-state index contributed by atoms with van der Waals surface area (Å²) in [5.41, 5.74) is 1.60. The molecule has 0 spiro atoms. The van der Waals surface area contributed by atoms with Crippen molar-refractivity contribution in [2.45, 2.75) is 53.5 Å². The Hall–Kier alpha value is -0.410. The van der Waals surface area contributed by atoms with E-state index < -0.39 is 0 Å². The van der Waals surface area contributed by atoms with Crippen molar-refractivity contribution in [3.05, 3.63) is 15.6 Å². The number of nitrogens with one attached hydrogen (secondary N) is 1. The van der Waals surface area contributed by atoms with E-state index in [-0.39, 0.29) is 0 Å². The Morgan fingerprint density at radius 2 is 1.94 bits per heavy atom. The zero-order valence-corrected chi connectivity index (χ0v) is 12.2. The first-order valence-corrected chi connectivity index (χ1v) is 6.78. The van der Waals surface area contributed by atoms with E-state index in [1.807, 2.05) is 18.4 Å². The number of thiazole rings is 1. The van der Waals surface area contributed by atoms with Crippen LogP contribution in [0.3, 0.4) is 0 Å². The summed E-state index contributed by atoms with van der Waals surface area (Å²) in [7, 11) is 1.99. The summed E-state index contributed by atoms with van der Waals surface area (Å²) in [6, 6.07) is 0. The Labute approximate surface area is 103 Å². The molecule has 1 aromatic rings.